The normalized spacial score (nSPS) is 22.8. The summed E-state index contributed by atoms with van der Waals surface area (Å²) in [6.45, 7) is 3.12. The van der Waals surface area contributed by atoms with Crippen molar-refractivity contribution in [3.8, 4) is 0 Å². The molecule has 1 aliphatic heterocycles. The van der Waals surface area contributed by atoms with Crippen molar-refractivity contribution < 1.29 is 9.53 Å². The van der Waals surface area contributed by atoms with Crippen LogP contribution in [0.3, 0.4) is 0 Å². The Morgan fingerprint density at radius 3 is 2.58 bits per heavy atom. The third-order valence-corrected chi connectivity index (χ3v) is 5.14. The molecule has 1 aliphatic carbocycles. The Bertz CT molecular complexity index is 795. The van der Waals surface area contributed by atoms with E-state index in [-0.39, 0.29) is 11.8 Å². The minimum absolute atomic E-state index is 0.00843. The predicted molar refractivity (Wildman–Crippen MR) is 98.0 cm³/mol. The van der Waals surface area contributed by atoms with E-state index in [1.54, 1.807) is 0 Å². The second kappa shape index (κ2) is 6.63. The quantitative estimate of drug-likeness (QED) is 0.731. The van der Waals surface area contributed by atoms with Crippen LogP contribution in [-0.2, 0) is 4.74 Å². The molecule has 1 unspecified atom stereocenters. The molecule has 0 saturated carbocycles. The molecule has 0 aromatic heterocycles. The first-order valence-electron chi connectivity index (χ1n) is 8.16. The summed E-state index contributed by atoms with van der Waals surface area (Å²) >= 11 is 3.55. The van der Waals surface area contributed by atoms with Crippen LogP contribution in [0.5, 0.6) is 0 Å². The van der Waals surface area contributed by atoms with Crippen LogP contribution in [0.1, 0.15) is 27.5 Å². The van der Waals surface area contributed by atoms with Crippen molar-refractivity contribution in [3.63, 3.8) is 0 Å². The molecular formula is C20H18BrNO2. The van der Waals surface area contributed by atoms with Crippen LogP contribution in [0.4, 0.5) is 0 Å². The molecule has 3 nitrogen and oxygen atoms in total. The first-order chi connectivity index (χ1) is 11.7. The zero-order valence-corrected chi connectivity index (χ0v) is 14.8. The van der Waals surface area contributed by atoms with Gasteiger partial charge in [-0.3, -0.25) is 9.69 Å². The highest BCUT2D eigenvalue weighted by molar-refractivity contribution is 9.10. The molecule has 1 fully saturated rings. The number of nitrogens with zero attached hydrogens (tertiary/aromatic N) is 1. The number of ketones is 1. The third kappa shape index (κ3) is 2.86. The standard InChI is InChI=1S/C20H18BrNO2/c21-15-6-7-16-17(13-15)19(22-8-10-24-11-9-22)18(20(16)23)12-14-4-2-1-3-5-14/h1-7,12-13,19H,8-11H2/b18-12+. The van der Waals surface area contributed by atoms with E-state index >= 15 is 0 Å². The maximum atomic E-state index is 13.0. The zero-order valence-electron chi connectivity index (χ0n) is 13.2. The lowest BCUT2D eigenvalue weighted by Gasteiger charge is -2.33. The first kappa shape index (κ1) is 15.8. The van der Waals surface area contributed by atoms with Gasteiger partial charge in [0.1, 0.15) is 0 Å². The Balaban J connectivity index is 1.82. The van der Waals surface area contributed by atoms with Crippen molar-refractivity contribution in [2.24, 2.45) is 0 Å². The van der Waals surface area contributed by atoms with E-state index < -0.39 is 0 Å². The molecule has 122 valence electrons. The van der Waals surface area contributed by atoms with Gasteiger partial charge in [0.25, 0.3) is 0 Å². The van der Waals surface area contributed by atoms with Crippen LogP contribution in [-0.4, -0.2) is 37.0 Å². The van der Waals surface area contributed by atoms with Gasteiger partial charge in [0.15, 0.2) is 5.78 Å². The fourth-order valence-electron chi connectivity index (χ4n) is 3.52. The van der Waals surface area contributed by atoms with E-state index in [2.05, 4.69) is 26.9 Å². The number of hydrogen-bond donors (Lipinski definition) is 0. The number of fused-ring (bicyclic) bond motifs is 1. The molecule has 4 rings (SSSR count). The van der Waals surface area contributed by atoms with Gasteiger partial charge in [-0.25, -0.2) is 0 Å². The third-order valence-electron chi connectivity index (χ3n) is 4.64. The number of rotatable bonds is 2. The van der Waals surface area contributed by atoms with Crippen LogP contribution >= 0.6 is 15.9 Å². The molecule has 1 saturated heterocycles. The number of benzene rings is 2. The summed E-state index contributed by atoms with van der Waals surface area (Å²) in [5.41, 5.74) is 3.83. The number of carbonyl (C=O) groups is 1. The SMILES string of the molecule is O=C1/C(=C/c2ccccc2)C(N2CCOCC2)c2cc(Br)ccc21. The molecule has 1 atom stereocenters. The monoisotopic (exact) mass is 383 g/mol. The highest BCUT2D eigenvalue weighted by atomic mass is 79.9. The van der Waals surface area contributed by atoms with Gasteiger partial charge >= 0.3 is 0 Å². The molecule has 24 heavy (non-hydrogen) atoms. The summed E-state index contributed by atoms with van der Waals surface area (Å²) < 4.78 is 6.50. The number of ether oxygens (including phenoxy) is 1. The van der Waals surface area contributed by atoms with Crippen LogP contribution in [0.25, 0.3) is 6.08 Å². The first-order valence-corrected chi connectivity index (χ1v) is 8.96. The molecule has 0 spiro atoms. The Morgan fingerprint density at radius 2 is 1.83 bits per heavy atom. The van der Waals surface area contributed by atoms with E-state index in [1.807, 2.05) is 48.5 Å². The van der Waals surface area contributed by atoms with Crippen molar-refractivity contribution in [1.29, 1.82) is 0 Å². The lowest BCUT2D eigenvalue weighted by atomic mass is 10.0. The van der Waals surface area contributed by atoms with Gasteiger partial charge in [-0.05, 0) is 35.4 Å². The van der Waals surface area contributed by atoms with Crippen LogP contribution in [0, 0.1) is 0 Å². The maximum Gasteiger partial charge on any atom is 0.191 e. The molecule has 0 bridgehead atoms. The Hall–Kier alpha value is -1.75. The number of Topliss-reactive ketones (excluding diaryl/α,β-unsaturated/α-hetero) is 1. The van der Waals surface area contributed by atoms with Gasteiger partial charge in [-0.1, -0.05) is 46.3 Å². The molecule has 1 heterocycles. The predicted octanol–water partition coefficient (Wildman–Crippen LogP) is 4.10. The number of hydrogen-bond acceptors (Lipinski definition) is 3. The number of halogens is 1. The smallest absolute Gasteiger partial charge is 0.191 e. The van der Waals surface area contributed by atoms with Crippen molar-refractivity contribution in [2.45, 2.75) is 6.04 Å². The topological polar surface area (TPSA) is 29.5 Å². The van der Waals surface area contributed by atoms with Gasteiger partial charge in [0.2, 0.25) is 0 Å². The van der Waals surface area contributed by atoms with Crippen molar-refractivity contribution in [3.05, 3.63) is 75.3 Å². The van der Waals surface area contributed by atoms with Gasteiger partial charge < -0.3 is 4.74 Å². The summed E-state index contributed by atoms with van der Waals surface area (Å²) in [5, 5.41) is 0. The second-order valence-corrected chi connectivity index (χ2v) is 7.04. The summed E-state index contributed by atoms with van der Waals surface area (Å²) in [4.78, 5) is 15.4. The van der Waals surface area contributed by atoms with Gasteiger partial charge in [0.05, 0.1) is 19.3 Å². The second-order valence-electron chi connectivity index (χ2n) is 6.12. The Labute approximate surface area is 150 Å². The average Bonchev–Trinajstić information content (AvgIpc) is 2.88. The highest BCUT2D eigenvalue weighted by Crippen LogP contribution is 2.42. The summed E-state index contributed by atoms with van der Waals surface area (Å²) in [6, 6.07) is 16.0. The average molecular weight is 384 g/mol. The van der Waals surface area contributed by atoms with Crippen LogP contribution < -0.4 is 0 Å². The van der Waals surface area contributed by atoms with Crippen molar-refractivity contribution in [2.75, 3.05) is 26.3 Å². The molecule has 2 aromatic carbocycles. The fraction of sp³-hybridized carbons (Fsp3) is 0.250. The summed E-state index contributed by atoms with van der Waals surface area (Å²) in [5.74, 6) is 0.137. The molecule has 0 radical (unpaired) electrons. The molecule has 0 N–H and O–H groups in total. The zero-order chi connectivity index (χ0) is 16.5. The lowest BCUT2D eigenvalue weighted by molar-refractivity contribution is 0.0242. The largest absolute Gasteiger partial charge is 0.379 e. The van der Waals surface area contributed by atoms with Gasteiger partial charge in [-0.2, -0.15) is 0 Å². The Kier molecular flexibility index (Phi) is 4.35. The van der Waals surface area contributed by atoms with E-state index in [1.165, 1.54) is 0 Å². The molecule has 2 aliphatic rings. The van der Waals surface area contributed by atoms with Crippen LogP contribution in [0.15, 0.2) is 58.6 Å². The molecule has 2 aromatic rings. The molecule has 4 heteroatoms. The minimum atomic E-state index is 0.00843. The van der Waals surface area contributed by atoms with E-state index in [0.29, 0.717) is 13.2 Å². The highest BCUT2D eigenvalue weighted by Gasteiger charge is 2.38. The van der Waals surface area contributed by atoms with E-state index in [4.69, 9.17) is 4.74 Å². The van der Waals surface area contributed by atoms with E-state index in [0.717, 1.165) is 39.8 Å². The summed E-state index contributed by atoms with van der Waals surface area (Å²) in [7, 11) is 0. The van der Waals surface area contributed by atoms with Gasteiger partial charge in [0, 0.05) is 28.7 Å². The molecule has 0 amide bonds. The van der Waals surface area contributed by atoms with Gasteiger partial charge in [-0.15, -0.1) is 0 Å². The maximum absolute atomic E-state index is 13.0. The van der Waals surface area contributed by atoms with E-state index in [9.17, 15) is 4.79 Å². The van der Waals surface area contributed by atoms with Crippen molar-refractivity contribution in [1.82, 2.24) is 4.90 Å². The minimum Gasteiger partial charge on any atom is -0.379 e. The van der Waals surface area contributed by atoms with Crippen molar-refractivity contribution >= 4 is 27.8 Å². The Morgan fingerprint density at radius 1 is 1.08 bits per heavy atom. The number of carbonyl (C=O) groups excluding carboxylic acids is 1. The fourth-order valence-corrected chi connectivity index (χ4v) is 3.89. The number of morpholine rings is 1. The summed E-state index contributed by atoms with van der Waals surface area (Å²) in [6.07, 6.45) is 2.04. The molecular weight excluding hydrogens is 366 g/mol. The van der Waals surface area contributed by atoms with Crippen LogP contribution in [0.2, 0.25) is 0 Å². The lowest BCUT2D eigenvalue weighted by Crippen LogP contribution is -2.39.